The molecule has 2 amide bonds. The van der Waals surface area contributed by atoms with Gasteiger partial charge in [-0.25, -0.2) is 18.5 Å². The molecule has 5 rings (SSSR count). The van der Waals surface area contributed by atoms with E-state index >= 15 is 0 Å². The zero-order valence-corrected chi connectivity index (χ0v) is 25.0. The standard InChI is InChI=1S/C26H39FN6O3SSi/c1-16(36-38(5,6)25(2,3)4)14-33-15-19(27)23(31-33)37(28,35)32-24(34)30-21-17-8-7-9-20(17)29-22-18(21)10-11-26(22)12-13-26/h15-16H,7-14H2,1-6H3,(H3,28,29,30,32,34,35). The summed E-state index contributed by atoms with van der Waals surface area (Å²) >= 11 is 0. The smallest absolute Gasteiger partial charge is 0.354 e. The number of aryl methyl sites for hydroxylation is 1. The molecule has 208 valence electrons. The van der Waals surface area contributed by atoms with Crippen molar-refractivity contribution in [2.45, 2.75) is 114 Å². The third-order valence-electron chi connectivity index (χ3n) is 8.69. The maximum atomic E-state index is 14.8. The fourth-order valence-corrected chi connectivity index (χ4v) is 7.89. The van der Waals surface area contributed by atoms with Gasteiger partial charge in [0.05, 0.1) is 30.2 Å². The lowest BCUT2D eigenvalue weighted by Gasteiger charge is -2.38. The number of carbonyl (C=O) groups excluding carboxylic acids is 1. The molecule has 0 bridgehead atoms. The Kier molecular flexibility index (Phi) is 6.64. The molecule has 12 heteroatoms. The number of carbonyl (C=O) groups is 1. The van der Waals surface area contributed by atoms with Crippen LogP contribution in [0.4, 0.5) is 14.9 Å². The van der Waals surface area contributed by atoms with Gasteiger partial charge in [-0.15, -0.1) is 4.36 Å². The van der Waals surface area contributed by atoms with E-state index in [1.165, 1.54) is 4.68 Å². The highest BCUT2D eigenvalue weighted by atomic mass is 32.2. The topological polar surface area (TPSA) is 124 Å². The normalized spacial score (nSPS) is 20.1. The Balaban J connectivity index is 1.36. The number of nitrogens with zero attached hydrogens (tertiary/aromatic N) is 4. The van der Waals surface area contributed by atoms with E-state index in [1.54, 1.807) is 0 Å². The average Bonchev–Trinajstić information content (AvgIpc) is 3.08. The zero-order valence-electron chi connectivity index (χ0n) is 23.2. The van der Waals surface area contributed by atoms with Gasteiger partial charge < -0.3 is 9.74 Å². The van der Waals surface area contributed by atoms with E-state index in [9.17, 15) is 13.4 Å². The Morgan fingerprint density at radius 3 is 2.66 bits per heavy atom. The van der Waals surface area contributed by atoms with Crippen LogP contribution in [0, 0.1) is 5.82 Å². The van der Waals surface area contributed by atoms with Crippen LogP contribution in [0.3, 0.4) is 0 Å². The van der Waals surface area contributed by atoms with E-state index in [0.29, 0.717) is 0 Å². The van der Waals surface area contributed by atoms with Gasteiger partial charge in [0.2, 0.25) is 5.03 Å². The molecule has 0 radical (unpaired) electrons. The molecule has 2 atom stereocenters. The molecule has 1 spiro atoms. The van der Waals surface area contributed by atoms with Crippen molar-refractivity contribution in [2.24, 2.45) is 9.50 Å². The van der Waals surface area contributed by atoms with E-state index in [-0.39, 0.29) is 23.1 Å². The summed E-state index contributed by atoms with van der Waals surface area (Å²) in [6.45, 7) is 12.9. The Hall–Kier alpha value is -2.15. The van der Waals surface area contributed by atoms with Crippen LogP contribution in [0.5, 0.6) is 0 Å². The molecule has 3 aliphatic carbocycles. The van der Waals surface area contributed by atoms with E-state index in [2.05, 4.69) is 48.6 Å². The summed E-state index contributed by atoms with van der Waals surface area (Å²) in [5.74, 6) is -0.866. The number of rotatable bonds is 6. The maximum absolute atomic E-state index is 14.8. The van der Waals surface area contributed by atoms with Gasteiger partial charge in [0.15, 0.2) is 24.0 Å². The second kappa shape index (κ2) is 9.21. The molecule has 0 saturated heterocycles. The molecule has 3 N–H and O–H groups in total. The lowest BCUT2D eigenvalue weighted by molar-refractivity contribution is 0.173. The summed E-state index contributed by atoms with van der Waals surface area (Å²) in [6.07, 6.45) is 7.69. The number of urea groups is 1. The van der Waals surface area contributed by atoms with Gasteiger partial charge in [-0.2, -0.15) is 5.10 Å². The van der Waals surface area contributed by atoms with Crippen LogP contribution in [0.25, 0.3) is 0 Å². The number of hydrogen-bond donors (Lipinski definition) is 2. The summed E-state index contributed by atoms with van der Waals surface area (Å²) in [6, 6.07) is -0.861. The molecule has 1 saturated carbocycles. The van der Waals surface area contributed by atoms with Gasteiger partial charge in [0, 0.05) is 11.1 Å². The molecule has 0 aromatic carbocycles. The maximum Gasteiger partial charge on any atom is 0.354 e. The lowest BCUT2D eigenvalue weighted by Crippen LogP contribution is -2.44. The van der Waals surface area contributed by atoms with E-state index < -0.39 is 35.1 Å². The van der Waals surface area contributed by atoms with Crippen LogP contribution >= 0.6 is 0 Å². The van der Waals surface area contributed by atoms with Gasteiger partial charge in [0.25, 0.3) is 0 Å². The molecule has 2 heterocycles. The van der Waals surface area contributed by atoms with E-state index in [0.717, 1.165) is 79.3 Å². The third-order valence-corrected chi connectivity index (χ3v) is 14.6. The van der Waals surface area contributed by atoms with Crippen LogP contribution in [0.2, 0.25) is 18.1 Å². The minimum Gasteiger partial charge on any atom is -0.412 e. The van der Waals surface area contributed by atoms with Crippen LogP contribution < -0.4 is 10.5 Å². The highest BCUT2D eigenvalue weighted by Crippen LogP contribution is 2.58. The number of fused-ring (bicyclic) bond motifs is 3. The predicted octanol–water partition coefficient (Wildman–Crippen LogP) is 5.23. The van der Waals surface area contributed by atoms with Crippen LogP contribution in [0.15, 0.2) is 15.6 Å². The molecule has 9 nitrogen and oxygen atoms in total. The van der Waals surface area contributed by atoms with Crippen molar-refractivity contribution in [1.82, 2.24) is 14.8 Å². The molecule has 3 aliphatic rings. The van der Waals surface area contributed by atoms with Crippen LogP contribution in [0.1, 0.15) is 75.9 Å². The first kappa shape index (κ1) is 27.4. The number of amides is 2. The Bertz CT molecular complexity index is 1420. The molecular formula is C26H39FN6O3SSi. The monoisotopic (exact) mass is 562 g/mol. The Morgan fingerprint density at radius 2 is 2.00 bits per heavy atom. The zero-order chi connectivity index (χ0) is 27.7. The first-order chi connectivity index (χ1) is 17.6. The largest absolute Gasteiger partial charge is 0.412 e. The Morgan fingerprint density at radius 1 is 1.29 bits per heavy atom. The highest BCUT2D eigenvalue weighted by Gasteiger charge is 2.51. The summed E-state index contributed by atoms with van der Waals surface area (Å²) in [5, 5.41) is 12.4. The summed E-state index contributed by atoms with van der Waals surface area (Å²) in [7, 11) is -5.95. The van der Waals surface area contributed by atoms with Crippen molar-refractivity contribution in [2.75, 3.05) is 5.32 Å². The molecule has 2 aromatic heterocycles. The number of anilines is 1. The summed E-state index contributed by atoms with van der Waals surface area (Å²) in [5.41, 5.74) is 5.10. The number of halogens is 1. The number of nitrogens with two attached hydrogens (primary N) is 1. The van der Waals surface area contributed by atoms with E-state index in [4.69, 9.17) is 14.5 Å². The minimum absolute atomic E-state index is 0.0217. The van der Waals surface area contributed by atoms with Crippen LogP contribution in [-0.2, 0) is 45.6 Å². The molecule has 2 unspecified atom stereocenters. The summed E-state index contributed by atoms with van der Waals surface area (Å²) in [4.78, 5) is 18.0. The number of aromatic nitrogens is 3. The number of nitrogens with one attached hydrogen (secondary N) is 1. The van der Waals surface area contributed by atoms with Crippen molar-refractivity contribution in [1.29, 1.82) is 0 Å². The fraction of sp³-hybridized carbons (Fsp3) is 0.654. The van der Waals surface area contributed by atoms with Gasteiger partial charge in [-0.05, 0) is 81.1 Å². The van der Waals surface area contributed by atoms with Gasteiger partial charge in [-0.1, -0.05) is 20.8 Å². The second-order valence-corrected chi connectivity index (χ2v) is 19.1. The highest BCUT2D eigenvalue weighted by molar-refractivity contribution is 7.91. The summed E-state index contributed by atoms with van der Waals surface area (Å²) < 4.78 is 39.4. The number of hydrogen-bond acceptors (Lipinski definition) is 5. The first-order valence-corrected chi connectivity index (χ1v) is 17.9. The minimum atomic E-state index is -3.91. The Labute approximate surface area is 225 Å². The van der Waals surface area contributed by atoms with Crippen molar-refractivity contribution in [3.05, 3.63) is 34.5 Å². The third kappa shape index (κ3) is 4.96. The molecule has 2 aromatic rings. The SMILES string of the molecule is CC(Cn1cc(F)c(S(N)(=O)=NC(=O)Nc2c3c(nc4c2CCC42CC2)CCC3)n1)O[Si](C)(C)C(C)(C)C. The quantitative estimate of drug-likeness (QED) is 0.467. The van der Waals surface area contributed by atoms with Crippen molar-refractivity contribution in [3.8, 4) is 0 Å². The van der Waals surface area contributed by atoms with Gasteiger partial charge in [-0.3, -0.25) is 9.67 Å². The molecule has 0 aliphatic heterocycles. The first-order valence-electron chi connectivity index (χ1n) is 13.4. The molecular weight excluding hydrogens is 523 g/mol. The number of pyridine rings is 1. The lowest BCUT2D eigenvalue weighted by atomic mass is 10.0. The van der Waals surface area contributed by atoms with Crippen molar-refractivity contribution in [3.63, 3.8) is 0 Å². The predicted molar refractivity (Wildman–Crippen MR) is 147 cm³/mol. The molecule has 1 fully saturated rings. The van der Waals surface area contributed by atoms with Crippen molar-refractivity contribution < 1.29 is 17.8 Å². The second-order valence-electron chi connectivity index (χ2n) is 12.7. The fourth-order valence-electron chi connectivity index (χ4n) is 5.52. The molecule has 38 heavy (non-hydrogen) atoms. The van der Waals surface area contributed by atoms with Gasteiger partial charge in [0.1, 0.15) is 0 Å². The van der Waals surface area contributed by atoms with Crippen molar-refractivity contribution >= 4 is 30.0 Å². The average molecular weight is 563 g/mol. The van der Waals surface area contributed by atoms with Gasteiger partial charge >= 0.3 is 6.03 Å². The van der Waals surface area contributed by atoms with Crippen LogP contribution in [-0.4, -0.2) is 39.4 Å². The van der Waals surface area contributed by atoms with E-state index in [1.807, 2.05) is 6.92 Å².